The summed E-state index contributed by atoms with van der Waals surface area (Å²) >= 11 is 12.0. The van der Waals surface area contributed by atoms with Crippen LogP contribution in [0.1, 0.15) is 34.0 Å². The van der Waals surface area contributed by atoms with Crippen molar-refractivity contribution in [1.29, 1.82) is 0 Å². The summed E-state index contributed by atoms with van der Waals surface area (Å²) in [5, 5.41) is 9.87. The second-order valence-electron chi connectivity index (χ2n) is 8.62. The molecule has 5 nitrogen and oxygen atoms in total. The van der Waals surface area contributed by atoms with Gasteiger partial charge in [-0.05, 0) is 60.0 Å². The standard InChI is InChI=1S/C26H22Cl2FNO4/c1-26(12-16-6-8-21(28)22(29)10-16)13-19-11-17(7-9-23(19)34-26)25(33)30(15-24(31)32)14-18-4-2-3-5-20(18)27/h2-11H,12-15H2,1H3,(H,31,32)/t26-/m0/s1. The maximum atomic E-state index is 13.9. The lowest BCUT2D eigenvalue weighted by Crippen LogP contribution is -2.35. The number of rotatable bonds is 7. The Bertz CT molecular complexity index is 1270. The molecule has 0 radical (unpaired) electrons. The monoisotopic (exact) mass is 501 g/mol. The van der Waals surface area contributed by atoms with Crippen LogP contribution < -0.4 is 4.74 Å². The molecule has 1 heterocycles. The molecule has 4 rings (SSSR count). The quantitative estimate of drug-likeness (QED) is 0.444. The fraction of sp³-hybridized carbons (Fsp3) is 0.231. The van der Waals surface area contributed by atoms with Gasteiger partial charge in [-0.15, -0.1) is 0 Å². The second-order valence-corrected chi connectivity index (χ2v) is 9.44. The number of halogens is 3. The van der Waals surface area contributed by atoms with Gasteiger partial charge in [0.2, 0.25) is 0 Å². The van der Waals surface area contributed by atoms with Crippen molar-refractivity contribution in [1.82, 2.24) is 4.90 Å². The molecule has 0 unspecified atom stereocenters. The lowest BCUT2D eigenvalue weighted by Gasteiger charge is -2.24. The van der Waals surface area contributed by atoms with E-state index in [-0.39, 0.29) is 11.6 Å². The molecule has 3 aromatic rings. The molecule has 3 aromatic carbocycles. The average molecular weight is 502 g/mol. The number of ether oxygens (including phenoxy) is 1. The molecule has 1 aliphatic rings. The minimum absolute atomic E-state index is 0.0652. The fourth-order valence-electron chi connectivity index (χ4n) is 4.21. The molecule has 0 spiro atoms. The Balaban J connectivity index is 1.54. The Morgan fingerprint density at radius 1 is 1.09 bits per heavy atom. The molecule has 0 aliphatic carbocycles. The van der Waals surface area contributed by atoms with Crippen molar-refractivity contribution >= 4 is 35.1 Å². The zero-order valence-corrected chi connectivity index (χ0v) is 19.9. The van der Waals surface area contributed by atoms with Crippen LogP contribution >= 0.6 is 23.2 Å². The smallest absolute Gasteiger partial charge is 0.323 e. The number of carboxylic acids is 1. The largest absolute Gasteiger partial charge is 0.487 e. The number of nitrogens with zero attached hydrogens (tertiary/aromatic N) is 1. The molecule has 1 aliphatic heterocycles. The van der Waals surface area contributed by atoms with E-state index in [4.69, 9.17) is 27.9 Å². The van der Waals surface area contributed by atoms with Crippen molar-refractivity contribution in [3.8, 4) is 5.75 Å². The topological polar surface area (TPSA) is 66.8 Å². The highest BCUT2D eigenvalue weighted by atomic mass is 35.5. The first-order valence-electron chi connectivity index (χ1n) is 10.6. The summed E-state index contributed by atoms with van der Waals surface area (Å²) in [5.74, 6) is -1.38. The molecule has 1 N–H and O–H groups in total. The number of benzene rings is 3. The first-order valence-corrected chi connectivity index (χ1v) is 11.4. The van der Waals surface area contributed by atoms with Crippen molar-refractivity contribution in [2.75, 3.05) is 6.54 Å². The molecule has 0 aromatic heterocycles. The van der Waals surface area contributed by atoms with Gasteiger partial charge >= 0.3 is 5.97 Å². The number of amides is 1. The Morgan fingerprint density at radius 3 is 2.56 bits per heavy atom. The van der Waals surface area contributed by atoms with Gasteiger partial charge in [0.25, 0.3) is 5.91 Å². The number of carboxylic acid groups (broad SMARTS) is 1. The normalized spacial score (nSPS) is 16.6. The summed E-state index contributed by atoms with van der Waals surface area (Å²) in [6, 6.07) is 16.7. The zero-order valence-electron chi connectivity index (χ0n) is 18.4. The predicted octanol–water partition coefficient (Wildman–Crippen LogP) is 5.80. The van der Waals surface area contributed by atoms with Crippen molar-refractivity contribution in [2.24, 2.45) is 0 Å². The van der Waals surface area contributed by atoms with E-state index >= 15 is 0 Å². The first kappa shape index (κ1) is 24.0. The second kappa shape index (κ2) is 9.65. The van der Waals surface area contributed by atoms with Gasteiger partial charge in [-0.1, -0.05) is 47.5 Å². The lowest BCUT2D eigenvalue weighted by molar-refractivity contribution is -0.137. The van der Waals surface area contributed by atoms with Gasteiger partial charge < -0.3 is 14.7 Å². The van der Waals surface area contributed by atoms with Crippen molar-refractivity contribution in [3.63, 3.8) is 0 Å². The van der Waals surface area contributed by atoms with Crippen LogP contribution in [-0.2, 0) is 24.2 Å². The summed E-state index contributed by atoms with van der Waals surface area (Å²) in [6.07, 6.45) is 0.966. The SMILES string of the molecule is C[C@]1(Cc2ccc(Cl)c(F)c2)Cc2cc(C(=O)N(CC(=O)O)Cc3ccccc3Cl)ccc2O1. The van der Waals surface area contributed by atoms with E-state index in [2.05, 4.69) is 0 Å². The van der Waals surface area contributed by atoms with Crippen molar-refractivity contribution < 1.29 is 23.8 Å². The number of carbonyl (C=O) groups is 2. The van der Waals surface area contributed by atoms with Crippen molar-refractivity contribution in [3.05, 3.63) is 98.8 Å². The molecule has 1 atom stereocenters. The molecule has 0 fully saturated rings. The summed E-state index contributed by atoms with van der Waals surface area (Å²) < 4.78 is 20.0. The molecule has 1 amide bonds. The van der Waals surface area contributed by atoms with E-state index in [0.29, 0.717) is 34.7 Å². The molecule has 0 bridgehead atoms. The van der Waals surface area contributed by atoms with Crippen LogP contribution in [0.3, 0.4) is 0 Å². The molecule has 34 heavy (non-hydrogen) atoms. The minimum Gasteiger partial charge on any atom is -0.487 e. The van der Waals surface area contributed by atoms with Crippen LogP contribution in [0.4, 0.5) is 4.39 Å². The van der Waals surface area contributed by atoms with E-state index in [1.807, 2.05) is 6.92 Å². The molecular weight excluding hydrogens is 480 g/mol. The van der Waals surface area contributed by atoms with Crippen molar-refractivity contribution in [2.45, 2.75) is 31.9 Å². The van der Waals surface area contributed by atoms with E-state index in [1.165, 1.54) is 17.0 Å². The third-order valence-electron chi connectivity index (χ3n) is 5.72. The number of aliphatic carboxylic acids is 1. The van der Waals surface area contributed by atoms with Gasteiger partial charge in [0.1, 0.15) is 23.7 Å². The van der Waals surface area contributed by atoms with Gasteiger partial charge in [-0.3, -0.25) is 9.59 Å². The minimum atomic E-state index is -1.12. The van der Waals surface area contributed by atoms with Crippen LogP contribution in [0.5, 0.6) is 5.75 Å². The Morgan fingerprint density at radius 2 is 1.85 bits per heavy atom. The number of fused-ring (bicyclic) bond motifs is 1. The third-order valence-corrected chi connectivity index (χ3v) is 6.40. The summed E-state index contributed by atoms with van der Waals surface area (Å²) in [6.45, 7) is 1.53. The van der Waals surface area contributed by atoms with Gasteiger partial charge in [0, 0.05) is 30.0 Å². The maximum absolute atomic E-state index is 13.9. The third kappa shape index (κ3) is 5.34. The Labute approximate surface area is 206 Å². The summed E-state index contributed by atoms with van der Waals surface area (Å²) in [4.78, 5) is 25.9. The van der Waals surface area contributed by atoms with E-state index in [0.717, 1.165) is 11.1 Å². The highest BCUT2D eigenvalue weighted by Crippen LogP contribution is 2.38. The fourth-order valence-corrected chi connectivity index (χ4v) is 4.53. The van der Waals surface area contributed by atoms with Gasteiger partial charge in [-0.2, -0.15) is 0 Å². The molecule has 0 saturated heterocycles. The van der Waals surface area contributed by atoms with Gasteiger partial charge in [0.05, 0.1) is 5.02 Å². The van der Waals surface area contributed by atoms with Crippen LogP contribution in [0.15, 0.2) is 60.7 Å². The van der Waals surface area contributed by atoms with Gasteiger partial charge in [0.15, 0.2) is 0 Å². The number of hydrogen-bond donors (Lipinski definition) is 1. The highest BCUT2D eigenvalue weighted by molar-refractivity contribution is 6.31. The highest BCUT2D eigenvalue weighted by Gasteiger charge is 2.36. The van der Waals surface area contributed by atoms with Crippen LogP contribution in [0.25, 0.3) is 0 Å². The molecule has 176 valence electrons. The Kier molecular flexibility index (Phi) is 6.82. The average Bonchev–Trinajstić information content (AvgIpc) is 3.11. The zero-order chi connectivity index (χ0) is 24.5. The molecule has 8 heteroatoms. The summed E-state index contributed by atoms with van der Waals surface area (Å²) in [7, 11) is 0. The summed E-state index contributed by atoms with van der Waals surface area (Å²) in [5.41, 5.74) is 1.97. The van der Waals surface area contributed by atoms with Crippen LogP contribution in [0.2, 0.25) is 10.0 Å². The Hall–Kier alpha value is -3.09. The lowest BCUT2D eigenvalue weighted by atomic mass is 9.91. The predicted molar refractivity (Wildman–Crippen MR) is 128 cm³/mol. The number of carbonyl (C=O) groups excluding carboxylic acids is 1. The molecular formula is C26H22Cl2FNO4. The van der Waals surface area contributed by atoms with Crippen LogP contribution in [-0.4, -0.2) is 34.0 Å². The number of hydrogen-bond acceptors (Lipinski definition) is 3. The van der Waals surface area contributed by atoms with Crippen LogP contribution in [0, 0.1) is 5.82 Å². The molecule has 0 saturated carbocycles. The van der Waals surface area contributed by atoms with E-state index < -0.39 is 29.8 Å². The van der Waals surface area contributed by atoms with Gasteiger partial charge in [-0.25, -0.2) is 4.39 Å². The maximum Gasteiger partial charge on any atom is 0.323 e. The first-order chi connectivity index (χ1) is 16.1. The van der Waals surface area contributed by atoms with E-state index in [1.54, 1.807) is 48.5 Å². The van der Waals surface area contributed by atoms with E-state index in [9.17, 15) is 19.1 Å².